The maximum atomic E-state index is 12.2. The van der Waals surface area contributed by atoms with Crippen LogP contribution in [0.15, 0.2) is 42.5 Å². The number of fused-ring (bicyclic) bond motifs is 1. The van der Waals surface area contributed by atoms with Crippen LogP contribution in [0.2, 0.25) is 0 Å². The highest BCUT2D eigenvalue weighted by Gasteiger charge is 2.19. The maximum absolute atomic E-state index is 12.2. The first-order chi connectivity index (χ1) is 11.2. The number of aliphatic hydroxyl groups is 1. The number of carbonyl (C=O) groups excluding carboxylic acids is 1. The smallest absolute Gasteiger partial charge is 0.323 e. The highest BCUT2D eigenvalue weighted by molar-refractivity contribution is 6.00. The molecule has 0 heterocycles. The Labute approximate surface area is 135 Å². The van der Waals surface area contributed by atoms with Gasteiger partial charge in [-0.1, -0.05) is 18.2 Å². The van der Waals surface area contributed by atoms with Gasteiger partial charge in [-0.15, -0.1) is 0 Å². The molecule has 0 saturated heterocycles. The van der Waals surface area contributed by atoms with Crippen LogP contribution in [-0.4, -0.2) is 24.4 Å². The minimum Gasteiger partial charge on any atom is -0.497 e. The zero-order valence-electron chi connectivity index (χ0n) is 13.0. The molecule has 1 atom stereocenters. The number of carbonyl (C=O) groups is 1. The van der Waals surface area contributed by atoms with Gasteiger partial charge < -0.3 is 20.5 Å². The molecule has 3 N–H and O–H groups in total. The van der Waals surface area contributed by atoms with Gasteiger partial charge in [0.2, 0.25) is 0 Å². The Bertz CT molecular complexity index is 715. The number of aryl methyl sites for hydroxylation is 1. The van der Waals surface area contributed by atoms with Crippen molar-refractivity contribution in [1.82, 2.24) is 0 Å². The summed E-state index contributed by atoms with van der Waals surface area (Å²) < 4.78 is 5.14. The number of ether oxygens (including phenoxy) is 1. The Hall–Kier alpha value is -2.53. The van der Waals surface area contributed by atoms with E-state index in [2.05, 4.69) is 10.6 Å². The number of hydrogen-bond acceptors (Lipinski definition) is 3. The van der Waals surface area contributed by atoms with E-state index in [0.717, 1.165) is 24.1 Å². The van der Waals surface area contributed by atoms with Gasteiger partial charge in [0.25, 0.3) is 0 Å². The zero-order valence-corrected chi connectivity index (χ0v) is 13.0. The Balaban J connectivity index is 1.73. The topological polar surface area (TPSA) is 70.6 Å². The van der Waals surface area contributed by atoms with E-state index < -0.39 is 0 Å². The predicted octanol–water partition coefficient (Wildman–Crippen LogP) is 3.19. The summed E-state index contributed by atoms with van der Waals surface area (Å²) in [6.45, 7) is 0. The Morgan fingerprint density at radius 2 is 2.04 bits per heavy atom. The second kappa shape index (κ2) is 6.71. The van der Waals surface area contributed by atoms with Gasteiger partial charge in [-0.2, -0.15) is 0 Å². The Morgan fingerprint density at radius 1 is 1.22 bits per heavy atom. The summed E-state index contributed by atoms with van der Waals surface area (Å²) in [7, 11) is 1.58. The van der Waals surface area contributed by atoms with E-state index in [1.165, 1.54) is 5.56 Å². The minimum atomic E-state index is -0.341. The molecule has 0 aliphatic heterocycles. The van der Waals surface area contributed by atoms with Crippen molar-refractivity contribution in [3.05, 3.63) is 53.6 Å². The van der Waals surface area contributed by atoms with Gasteiger partial charge in [-0.05, 0) is 42.2 Å². The van der Waals surface area contributed by atoms with Crippen LogP contribution >= 0.6 is 0 Å². The molecule has 0 bridgehead atoms. The maximum Gasteiger partial charge on any atom is 0.323 e. The van der Waals surface area contributed by atoms with Crippen molar-refractivity contribution in [2.24, 2.45) is 0 Å². The number of amides is 2. The van der Waals surface area contributed by atoms with E-state index in [4.69, 9.17) is 4.74 Å². The third kappa shape index (κ3) is 3.63. The lowest BCUT2D eigenvalue weighted by atomic mass is 9.88. The molecule has 0 fully saturated rings. The van der Waals surface area contributed by atoms with Gasteiger partial charge in [0.1, 0.15) is 5.75 Å². The molecule has 5 nitrogen and oxygen atoms in total. The average molecular weight is 312 g/mol. The van der Waals surface area contributed by atoms with Gasteiger partial charge in [-0.25, -0.2) is 4.79 Å². The monoisotopic (exact) mass is 312 g/mol. The van der Waals surface area contributed by atoms with Crippen molar-refractivity contribution in [2.75, 3.05) is 17.7 Å². The molecule has 0 radical (unpaired) electrons. The SMILES string of the molecule is COc1cccc(NC(=O)Nc2cccc3c2CC(O)CC3)c1. The fourth-order valence-electron chi connectivity index (χ4n) is 2.87. The molecule has 2 amide bonds. The van der Waals surface area contributed by atoms with Crippen molar-refractivity contribution in [3.63, 3.8) is 0 Å². The largest absolute Gasteiger partial charge is 0.497 e. The summed E-state index contributed by atoms with van der Waals surface area (Å²) in [5, 5.41) is 15.5. The standard InChI is InChI=1S/C18H20N2O3/c1-23-15-6-3-5-13(10-15)19-18(22)20-17-7-2-4-12-8-9-14(21)11-16(12)17/h2-7,10,14,21H,8-9,11H2,1H3,(H2,19,20,22). The van der Waals surface area contributed by atoms with Crippen LogP contribution in [0.25, 0.3) is 0 Å². The summed E-state index contributed by atoms with van der Waals surface area (Å²) in [5.41, 5.74) is 3.62. The molecule has 2 aromatic rings. The van der Waals surface area contributed by atoms with Gasteiger partial charge in [0, 0.05) is 23.9 Å². The number of methoxy groups -OCH3 is 1. The minimum absolute atomic E-state index is 0.313. The first-order valence-electron chi connectivity index (χ1n) is 7.66. The summed E-state index contributed by atoms with van der Waals surface area (Å²) >= 11 is 0. The molecule has 0 spiro atoms. The van der Waals surface area contributed by atoms with Gasteiger partial charge in [0.15, 0.2) is 0 Å². The summed E-state index contributed by atoms with van der Waals surface area (Å²) in [5.74, 6) is 0.683. The Morgan fingerprint density at radius 3 is 2.87 bits per heavy atom. The average Bonchev–Trinajstić information content (AvgIpc) is 2.55. The van der Waals surface area contributed by atoms with E-state index in [1.807, 2.05) is 30.3 Å². The number of benzene rings is 2. The van der Waals surface area contributed by atoms with E-state index >= 15 is 0 Å². The fourth-order valence-corrected chi connectivity index (χ4v) is 2.87. The van der Waals surface area contributed by atoms with Crippen LogP contribution in [0.4, 0.5) is 16.2 Å². The lowest BCUT2D eigenvalue weighted by Gasteiger charge is -2.23. The number of rotatable bonds is 3. The normalized spacial score (nSPS) is 16.3. The van der Waals surface area contributed by atoms with Crippen molar-refractivity contribution in [2.45, 2.75) is 25.4 Å². The van der Waals surface area contributed by atoms with Gasteiger partial charge in [0.05, 0.1) is 13.2 Å². The molecule has 3 rings (SSSR count). The van der Waals surface area contributed by atoms with Crippen LogP contribution in [0, 0.1) is 0 Å². The molecule has 23 heavy (non-hydrogen) atoms. The van der Waals surface area contributed by atoms with Crippen LogP contribution in [0.3, 0.4) is 0 Å². The highest BCUT2D eigenvalue weighted by Crippen LogP contribution is 2.28. The van der Waals surface area contributed by atoms with E-state index in [9.17, 15) is 9.90 Å². The first kappa shape index (κ1) is 15.4. The second-order valence-electron chi connectivity index (χ2n) is 5.65. The fraction of sp³-hybridized carbons (Fsp3) is 0.278. The first-order valence-corrected chi connectivity index (χ1v) is 7.66. The number of anilines is 2. The van der Waals surface area contributed by atoms with Gasteiger partial charge >= 0.3 is 6.03 Å². The van der Waals surface area contributed by atoms with Crippen molar-refractivity contribution >= 4 is 17.4 Å². The lowest BCUT2D eigenvalue weighted by Crippen LogP contribution is -2.24. The quantitative estimate of drug-likeness (QED) is 0.815. The van der Waals surface area contributed by atoms with E-state index in [0.29, 0.717) is 17.9 Å². The molecule has 120 valence electrons. The molecule has 2 aromatic carbocycles. The van der Waals surface area contributed by atoms with E-state index in [-0.39, 0.29) is 12.1 Å². The number of aliphatic hydroxyl groups excluding tert-OH is 1. The molecule has 5 heteroatoms. The van der Waals surface area contributed by atoms with Crippen LogP contribution in [0.5, 0.6) is 5.75 Å². The predicted molar refractivity (Wildman–Crippen MR) is 90.1 cm³/mol. The van der Waals surface area contributed by atoms with Crippen LogP contribution in [-0.2, 0) is 12.8 Å². The number of nitrogens with one attached hydrogen (secondary N) is 2. The van der Waals surface area contributed by atoms with Crippen LogP contribution in [0.1, 0.15) is 17.5 Å². The molecular formula is C18H20N2O3. The molecule has 1 aliphatic carbocycles. The summed E-state index contributed by atoms with van der Waals surface area (Å²) in [4.78, 5) is 12.2. The Kier molecular flexibility index (Phi) is 4.48. The van der Waals surface area contributed by atoms with Crippen molar-refractivity contribution < 1.29 is 14.6 Å². The van der Waals surface area contributed by atoms with E-state index in [1.54, 1.807) is 19.2 Å². The molecule has 1 unspecified atom stereocenters. The molecule has 0 saturated carbocycles. The third-order valence-electron chi connectivity index (χ3n) is 4.04. The number of urea groups is 1. The highest BCUT2D eigenvalue weighted by atomic mass is 16.5. The second-order valence-corrected chi connectivity index (χ2v) is 5.65. The van der Waals surface area contributed by atoms with Crippen molar-refractivity contribution in [1.29, 1.82) is 0 Å². The summed E-state index contributed by atoms with van der Waals surface area (Å²) in [6, 6.07) is 12.7. The molecule has 0 aromatic heterocycles. The summed E-state index contributed by atoms with van der Waals surface area (Å²) in [6.07, 6.45) is 1.84. The van der Waals surface area contributed by atoms with Crippen LogP contribution < -0.4 is 15.4 Å². The third-order valence-corrected chi connectivity index (χ3v) is 4.04. The van der Waals surface area contributed by atoms with Gasteiger partial charge in [-0.3, -0.25) is 0 Å². The number of hydrogen-bond donors (Lipinski definition) is 3. The van der Waals surface area contributed by atoms with Crippen molar-refractivity contribution in [3.8, 4) is 5.75 Å². The molecular weight excluding hydrogens is 292 g/mol. The zero-order chi connectivity index (χ0) is 16.2. The molecule has 1 aliphatic rings. The lowest BCUT2D eigenvalue weighted by molar-refractivity contribution is 0.159.